The van der Waals surface area contributed by atoms with Gasteiger partial charge in [0.25, 0.3) is 0 Å². The van der Waals surface area contributed by atoms with E-state index >= 15 is 0 Å². The highest BCUT2D eigenvalue weighted by Crippen LogP contribution is 2.72. The molecule has 3 fully saturated rings. The van der Waals surface area contributed by atoms with E-state index in [0.29, 0.717) is 28.3 Å². The Labute approximate surface area is 208 Å². The number of hydrogen-bond donors (Lipinski definition) is 0. The van der Waals surface area contributed by atoms with Crippen molar-refractivity contribution in [3.63, 3.8) is 0 Å². The van der Waals surface area contributed by atoms with E-state index in [0.717, 1.165) is 18.3 Å². The molecule has 0 amide bonds. The number of hydrogen-bond acceptors (Lipinski definition) is 2. The highest BCUT2D eigenvalue weighted by atomic mass is 35.5. The minimum absolute atomic E-state index is 0.133. The summed E-state index contributed by atoms with van der Waals surface area (Å²) in [6, 6.07) is 0. The van der Waals surface area contributed by atoms with E-state index in [1.165, 1.54) is 57.8 Å². The Kier molecular flexibility index (Phi) is 5.77. The summed E-state index contributed by atoms with van der Waals surface area (Å²) in [7, 11) is 0. The van der Waals surface area contributed by atoms with Gasteiger partial charge in [0, 0.05) is 0 Å². The fourth-order valence-electron chi connectivity index (χ4n) is 10.1. The van der Waals surface area contributed by atoms with Gasteiger partial charge < -0.3 is 4.74 Å². The quantitative estimate of drug-likeness (QED) is 0.292. The number of fused-ring (bicyclic) bond motifs is 4. The lowest BCUT2D eigenvalue weighted by Crippen LogP contribution is -2.55. The second-order valence-electron chi connectivity index (χ2n) is 14.6. The van der Waals surface area contributed by atoms with Crippen LogP contribution in [-0.2, 0) is 9.03 Å². The van der Waals surface area contributed by atoms with Gasteiger partial charge in [-0.25, -0.2) is 0 Å². The summed E-state index contributed by atoms with van der Waals surface area (Å²) in [6.45, 7) is 19.8. The zero-order valence-corrected chi connectivity index (χ0v) is 23.4. The van der Waals surface area contributed by atoms with E-state index in [9.17, 15) is 0 Å². The van der Waals surface area contributed by atoms with Gasteiger partial charge in [-0.15, -0.1) is 0 Å². The second-order valence-corrected chi connectivity index (χ2v) is 14.7. The molecule has 188 valence electrons. The standard InChI is InChI=1S/C30H49ClO2/c1-19(9-12-25-27(4,5)32-25)20-13-17-30(8)22-10-11-23-26(2,3)24(33-31)15-16-28(23,6)21(22)14-18-29(20,30)7/h19-20,23-25H,9-18H2,1-8H3/t19-,20-,23+,24+,25?,28-,29-,30+/m1/s1. The fourth-order valence-corrected chi connectivity index (χ4v) is 10.4. The minimum atomic E-state index is 0.133. The number of halogens is 1. The van der Waals surface area contributed by atoms with Crippen molar-refractivity contribution in [1.82, 2.24) is 0 Å². The van der Waals surface area contributed by atoms with E-state index in [1.54, 1.807) is 0 Å². The average molecular weight is 477 g/mol. The van der Waals surface area contributed by atoms with Crippen LogP contribution in [0.25, 0.3) is 0 Å². The van der Waals surface area contributed by atoms with Crippen molar-refractivity contribution in [2.45, 2.75) is 137 Å². The predicted octanol–water partition coefficient (Wildman–Crippen LogP) is 8.87. The molecule has 1 saturated heterocycles. The molecule has 0 radical (unpaired) electrons. The van der Waals surface area contributed by atoms with Crippen LogP contribution in [-0.4, -0.2) is 17.8 Å². The maximum absolute atomic E-state index is 5.98. The first kappa shape index (κ1) is 24.6. The lowest BCUT2D eigenvalue weighted by atomic mass is 9.43. The molecule has 0 aromatic rings. The zero-order valence-electron chi connectivity index (χ0n) is 22.7. The monoisotopic (exact) mass is 476 g/mol. The van der Waals surface area contributed by atoms with Gasteiger partial charge in [-0.05, 0) is 117 Å². The first-order valence-electron chi connectivity index (χ1n) is 14.0. The van der Waals surface area contributed by atoms with E-state index in [-0.39, 0.29) is 17.1 Å². The van der Waals surface area contributed by atoms with Crippen LogP contribution in [0.4, 0.5) is 0 Å². The normalized spacial score (nSPS) is 48.6. The van der Waals surface area contributed by atoms with Gasteiger partial charge in [-0.2, -0.15) is 0 Å². The Morgan fingerprint density at radius 2 is 1.64 bits per heavy atom. The number of ether oxygens (including phenoxy) is 1. The van der Waals surface area contributed by atoms with Crippen LogP contribution in [0.5, 0.6) is 0 Å². The smallest absolute Gasteiger partial charge is 0.0892 e. The molecule has 0 spiro atoms. The van der Waals surface area contributed by atoms with Crippen LogP contribution in [0, 0.1) is 39.4 Å². The van der Waals surface area contributed by atoms with E-state index in [2.05, 4.69) is 55.4 Å². The first-order valence-corrected chi connectivity index (χ1v) is 14.3. The largest absolute Gasteiger partial charge is 0.367 e. The van der Waals surface area contributed by atoms with Crippen LogP contribution in [0.15, 0.2) is 11.1 Å². The molecule has 2 saturated carbocycles. The summed E-state index contributed by atoms with van der Waals surface area (Å²) < 4.78 is 11.4. The fraction of sp³-hybridized carbons (Fsp3) is 0.933. The molecule has 0 bridgehead atoms. The Morgan fingerprint density at radius 3 is 2.27 bits per heavy atom. The van der Waals surface area contributed by atoms with Gasteiger partial charge in [0.05, 0.1) is 29.7 Å². The molecule has 3 heteroatoms. The highest BCUT2D eigenvalue weighted by molar-refractivity contribution is 6.07. The maximum atomic E-state index is 5.98. The van der Waals surface area contributed by atoms with Gasteiger partial charge >= 0.3 is 0 Å². The first-order chi connectivity index (χ1) is 15.3. The lowest BCUT2D eigenvalue weighted by molar-refractivity contribution is -0.0831. The van der Waals surface area contributed by atoms with Gasteiger partial charge in [-0.1, -0.05) is 52.7 Å². The van der Waals surface area contributed by atoms with Crippen molar-refractivity contribution < 1.29 is 9.03 Å². The molecule has 33 heavy (non-hydrogen) atoms. The maximum Gasteiger partial charge on any atom is 0.0892 e. The van der Waals surface area contributed by atoms with Crippen molar-refractivity contribution >= 4 is 11.9 Å². The Bertz CT molecular complexity index is 829. The summed E-state index contributed by atoms with van der Waals surface area (Å²) in [5.74, 6) is 2.31. The molecule has 5 aliphatic rings. The van der Waals surface area contributed by atoms with Gasteiger partial charge in [0.1, 0.15) is 0 Å². The molecule has 1 unspecified atom stereocenters. The van der Waals surface area contributed by atoms with Crippen LogP contribution in [0.2, 0.25) is 0 Å². The zero-order chi connectivity index (χ0) is 24.0. The number of epoxide rings is 1. The van der Waals surface area contributed by atoms with Crippen molar-refractivity contribution in [2.75, 3.05) is 0 Å². The van der Waals surface area contributed by atoms with Crippen LogP contribution >= 0.6 is 11.9 Å². The van der Waals surface area contributed by atoms with Crippen molar-refractivity contribution in [1.29, 1.82) is 0 Å². The van der Waals surface area contributed by atoms with Crippen LogP contribution in [0.3, 0.4) is 0 Å². The molecular formula is C30H49ClO2. The van der Waals surface area contributed by atoms with Gasteiger partial charge in [-0.3, -0.25) is 4.29 Å². The lowest BCUT2D eigenvalue weighted by Gasteiger charge is -2.62. The molecule has 2 nitrogen and oxygen atoms in total. The molecule has 8 atom stereocenters. The second kappa shape index (κ2) is 7.72. The SMILES string of the molecule is C[C@H](CCC1OC1(C)C)[C@H]1CC[C@@]2(C)C3=C(CC[C@]12C)[C@@]1(C)CC[C@H](OCl)C(C)(C)[C@@H]1CC3. The van der Waals surface area contributed by atoms with Gasteiger partial charge in [0.15, 0.2) is 0 Å². The summed E-state index contributed by atoms with van der Waals surface area (Å²) in [5, 5.41) is 0. The Balaban J connectivity index is 1.41. The third-order valence-electron chi connectivity index (χ3n) is 12.6. The van der Waals surface area contributed by atoms with Crippen molar-refractivity contribution in [3.05, 3.63) is 11.1 Å². The molecule has 4 aliphatic carbocycles. The number of allylic oxidation sites excluding steroid dienone is 2. The predicted molar refractivity (Wildman–Crippen MR) is 137 cm³/mol. The summed E-state index contributed by atoms with van der Waals surface area (Å²) in [5.41, 5.74) is 5.17. The van der Waals surface area contributed by atoms with E-state index < -0.39 is 0 Å². The van der Waals surface area contributed by atoms with Crippen LogP contribution < -0.4 is 0 Å². The average Bonchev–Trinajstić information content (AvgIpc) is 3.24. The van der Waals surface area contributed by atoms with E-state index in [4.69, 9.17) is 20.9 Å². The van der Waals surface area contributed by atoms with E-state index in [1.807, 2.05) is 11.1 Å². The third-order valence-corrected chi connectivity index (χ3v) is 12.8. The summed E-state index contributed by atoms with van der Waals surface area (Å²) in [4.78, 5) is 0. The molecule has 1 heterocycles. The Morgan fingerprint density at radius 1 is 0.939 bits per heavy atom. The molecule has 0 aromatic heterocycles. The van der Waals surface area contributed by atoms with Crippen LogP contribution in [0.1, 0.15) is 120 Å². The summed E-state index contributed by atoms with van der Waals surface area (Å²) >= 11 is 5.98. The highest BCUT2D eigenvalue weighted by Gasteiger charge is 2.63. The molecular weight excluding hydrogens is 428 g/mol. The molecule has 0 N–H and O–H groups in total. The topological polar surface area (TPSA) is 21.8 Å². The minimum Gasteiger partial charge on any atom is -0.367 e. The summed E-state index contributed by atoms with van der Waals surface area (Å²) in [6.07, 6.45) is 13.7. The molecule has 0 aromatic carbocycles. The molecule has 1 aliphatic heterocycles. The molecule has 5 rings (SSSR count). The van der Waals surface area contributed by atoms with Gasteiger partial charge in [0.2, 0.25) is 0 Å². The van der Waals surface area contributed by atoms with Crippen molar-refractivity contribution in [3.8, 4) is 0 Å². The van der Waals surface area contributed by atoms with Crippen molar-refractivity contribution in [2.24, 2.45) is 39.4 Å². The third kappa shape index (κ3) is 3.39. The Hall–Kier alpha value is -0.0500. The number of rotatable bonds is 5.